The lowest BCUT2D eigenvalue weighted by atomic mass is 9.98. The highest BCUT2D eigenvalue weighted by Gasteiger charge is 2.15. The van der Waals surface area contributed by atoms with Crippen LogP contribution in [0.15, 0.2) is 54.6 Å². The molecule has 0 heterocycles. The topological polar surface area (TPSA) is 7.60 Å². The lowest BCUT2D eigenvalue weighted by molar-refractivity contribution is 0.342. The van der Waals surface area contributed by atoms with Gasteiger partial charge in [-0.05, 0) is 25.2 Å². The van der Waals surface area contributed by atoms with Gasteiger partial charge >= 0.3 is 0 Å². The fourth-order valence-corrected chi connectivity index (χ4v) is 2.16. The Morgan fingerprint density at radius 2 is 1.44 bits per heavy atom. The average Bonchev–Trinajstić information content (AvgIpc) is 2.40. The molecule has 0 N–H and O–H groups in total. The molecular formula is C16H16N2. The molecule has 0 amide bonds. The van der Waals surface area contributed by atoms with Crippen LogP contribution < -0.4 is 0 Å². The van der Waals surface area contributed by atoms with Crippen LogP contribution in [0.5, 0.6) is 0 Å². The van der Waals surface area contributed by atoms with Gasteiger partial charge in [0.05, 0.1) is 12.6 Å². The van der Waals surface area contributed by atoms with Gasteiger partial charge < -0.3 is 0 Å². The minimum Gasteiger partial charge on any atom is -0.299 e. The zero-order chi connectivity index (χ0) is 13.0. The Hall–Kier alpha value is -2.11. The number of hydrogen-bond acceptors (Lipinski definition) is 1. The lowest BCUT2D eigenvalue weighted by Crippen LogP contribution is -2.20. The molecule has 1 atom stereocenters. The van der Waals surface area contributed by atoms with E-state index in [2.05, 4.69) is 48.1 Å². The summed E-state index contributed by atoms with van der Waals surface area (Å²) in [5, 5.41) is 0. The molecule has 0 aromatic heterocycles. The Morgan fingerprint density at radius 1 is 0.889 bits per heavy atom. The summed E-state index contributed by atoms with van der Waals surface area (Å²) < 4.78 is 0. The van der Waals surface area contributed by atoms with E-state index < -0.39 is 0 Å². The molecule has 0 bridgehead atoms. The number of benzene rings is 2. The van der Waals surface area contributed by atoms with Gasteiger partial charge in [0.2, 0.25) is 0 Å². The SMILES string of the molecule is [C-]#[N+]c1ccc([C@H](c2ccccc2)N(C)C)cc1. The number of hydrogen-bond donors (Lipinski definition) is 0. The third kappa shape index (κ3) is 2.58. The summed E-state index contributed by atoms with van der Waals surface area (Å²) in [5.41, 5.74) is 3.15. The highest BCUT2D eigenvalue weighted by molar-refractivity contribution is 5.47. The molecule has 2 aromatic carbocycles. The van der Waals surface area contributed by atoms with Gasteiger partial charge in [-0.25, -0.2) is 4.85 Å². The highest BCUT2D eigenvalue weighted by Crippen LogP contribution is 2.27. The van der Waals surface area contributed by atoms with E-state index >= 15 is 0 Å². The van der Waals surface area contributed by atoms with Crippen LogP contribution in [0, 0.1) is 6.57 Å². The van der Waals surface area contributed by atoms with Gasteiger partial charge in [-0.1, -0.05) is 54.6 Å². The molecule has 18 heavy (non-hydrogen) atoms. The van der Waals surface area contributed by atoms with Crippen LogP contribution in [0.25, 0.3) is 4.85 Å². The first kappa shape index (κ1) is 12.3. The summed E-state index contributed by atoms with van der Waals surface area (Å²) in [6.07, 6.45) is 0. The Balaban J connectivity index is 2.39. The molecule has 0 aliphatic rings. The van der Waals surface area contributed by atoms with Crippen LogP contribution in [0.4, 0.5) is 5.69 Å². The Bertz CT molecular complexity index is 536. The van der Waals surface area contributed by atoms with Gasteiger partial charge in [0, 0.05) is 0 Å². The summed E-state index contributed by atoms with van der Waals surface area (Å²) in [7, 11) is 4.14. The fraction of sp³-hybridized carbons (Fsp3) is 0.188. The Labute approximate surface area is 108 Å². The summed E-state index contributed by atoms with van der Waals surface area (Å²) in [5.74, 6) is 0. The van der Waals surface area contributed by atoms with E-state index in [-0.39, 0.29) is 6.04 Å². The van der Waals surface area contributed by atoms with Crippen LogP contribution in [0.1, 0.15) is 17.2 Å². The van der Waals surface area contributed by atoms with Gasteiger partial charge in [-0.2, -0.15) is 0 Å². The third-order valence-electron chi connectivity index (χ3n) is 2.97. The average molecular weight is 236 g/mol. The number of nitrogens with zero attached hydrogens (tertiary/aromatic N) is 2. The van der Waals surface area contributed by atoms with Gasteiger partial charge in [0.15, 0.2) is 5.69 Å². The van der Waals surface area contributed by atoms with Crippen LogP contribution in [0.2, 0.25) is 0 Å². The Kier molecular flexibility index (Phi) is 3.76. The maximum absolute atomic E-state index is 6.98. The molecule has 2 heteroatoms. The van der Waals surface area contributed by atoms with Crippen LogP contribution >= 0.6 is 0 Å². The maximum Gasteiger partial charge on any atom is 0.187 e. The predicted molar refractivity (Wildman–Crippen MR) is 74.7 cm³/mol. The lowest BCUT2D eigenvalue weighted by Gasteiger charge is -2.25. The van der Waals surface area contributed by atoms with Crippen molar-refractivity contribution < 1.29 is 0 Å². The molecular weight excluding hydrogens is 220 g/mol. The van der Waals surface area contributed by atoms with Gasteiger partial charge in [0.25, 0.3) is 0 Å². The normalized spacial score (nSPS) is 12.1. The molecule has 0 aliphatic heterocycles. The highest BCUT2D eigenvalue weighted by atomic mass is 15.1. The van der Waals surface area contributed by atoms with E-state index in [9.17, 15) is 0 Å². The van der Waals surface area contributed by atoms with Crippen molar-refractivity contribution in [3.63, 3.8) is 0 Å². The second-order valence-corrected chi connectivity index (χ2v) is 4.48. The first-order valence-corrected chi connectivity index (χ1v) is 5.91. The molecule has 2 nitrogen and oxygen atoms in total. The molecule has 90 valence electrons. The van der Waals surface area contributed by atoms with Crippen molar-refractivity contribution >= 4 is 5.69 Å². The molecule has 0 aliphatic carbocycles. The molecule has 0 saturated heterocycles. The molecule has 0 unspecified atom stereocenters. The number of rotatable bonds is 3. The standard InChI is InChI=1S/C16H16N2/c1-17-15-11-9-14(10-12-15)16(18(2)3)13-7-5-4-6-8-13/h4-12,16H,2-3H3/t16-/m0/s1. The van der Waals surface area contributed by atoms with Crippen molar-refractivity contribution in [2.45, 2.75) is 6.04 Å². The van der Waals surface area contributed by atoms with Crippen molar-refractivity contribution in [3.8, 4) is 0 Å². The first-order chi connectivity index (χ1) is 8.72. The summed E-state index contributed by atoms with van der Waals surface area (Å²) in [6, 6.07) is 18.4. The summed E-state index contributed by atoms with van der Waals surface area (Å²) in [4.78, 5) is 5.61. The van der Waals surface area contributed by atoms with E-state index in [0.717, 1.165) is 0 Å². The van der Waals surface area contributed by atoms with E-state index in [1.54, 1.807) is 0 Å². The molecule has 0 radical (unpaired) electrons. The van der Waals surface area contributed by atoms with Crippen molar-refractivity contribution in [3.05, 3.63) is 77.1 Å². The quantitative estimate of drug-likeness (QED) is 0.734. The second kappa shape index (κ2) is 5.48. The van der Waals surface area contributed by atoms with E-state index in [4.69, 9.17) is 6.57 Å². The van der Waals surface area contributed by atoms with Crippen LogP contribution in [0.3, 0.4) is 0 Å². The summed E-state index contributed by atoms with van der Waals surface area (Å²) in [6.45, 7) is 6.98. The predicted octanol–water partition coefficient (Wildman–Crippen LogP) is 3.89. The minimum absolute atomic E-state index is 0.228. The molecule has 0 fully saturated rings. The van der Waals surface area contributed by atoms with Gasteiger partial charge in [-0.3, -0.25) is 4.90 Å². The first-order valence-electron chi connectivity index (χ1n) is 5.91. The molecule has 0 spiro atoms. The third-order valence-corrected chi connectivity index (χ3v) is 2.97. The monoisotopic (exact) mass is 236 g/mol. The van der Waals surface area contributed by atoms with E-state index in [0.29, 0.717) is 5.69 Å². The van der Waals surface area contributed by atoms with Crippen molar-refractivity contribution in [1.82, 2.24) is 4.90 Å². The largest absolute Gasteiger partial charge is 0.299 e. The minimum atomic E-state index is 0.228. The smallest absolute Gasteiger partial charge is 0.187 e. The fourth-order valence-electron chi connectivity index (χ4n) is 2.16. The zero-order valence-corrected chi connectivity index (χ0v) is 10.7. The van der Waals surface area contributed by atoms with E-state index in [1.807, 2.05) is 30.3 Å². The van der Waals surface area contributed by atoms with Gasteiger partial charge in [-0.15, -0.1) is 0 Å². The van der Waals surface area contributed by atoms with Gasteiger partial charge in [0.1, 0.15) is 0 Å². The Morgan fingerprint density at radius 3 is 1.94 bits per heavy atom. The molecule has 2 aromatic rings. The molecule has 2 rings (SSSR count). The van der Waals surface area contributed by atoms with E-state index in [1.165, 1.54) is 11.1 Å². The maximum atomic E-state index is 6.98. The van der Waals surface area contributed by atoms with Crippen molar-refractivity contribution in [2.24, 2.45) is 0 Å². The van der Waals surface area contributed by atoms with Crippen LogP contribution in [-0.4, -0.2) is 19.0 Å². The second-order valence-electron chi connectivity index (χ2n) is 4.48. The van der Waals surface area contributed by atoms with Crippen molar-refractivity contribution in [1.29, 1.82) is 0 Å². The zero-order valence-electron chi connectivity index (χ0n) is 10.7. The molecule has 0 saturated carbocycles. The summed E-state index contributed by atoms with van der Waals surface area (Å²) >= 11 is 0. The van der Waals surface area contributed by atoms with Crippen LogP contribution in [-0.2, 0) is 0 Å². The van der Waals surface area contributed by atoms with Crippen molar-refractivity contribution in [2.75, 3.05) is 14.1 Å².